The summed E-state index contributed by atoms with van der Waals surface area (Å²) < 4.78 is 27.9. The van der Waals surface area contributed by atoms with Crippen LogP contribution in [-0.4, -0.2) is 41.1 Å². The Bertz CT molecular complexity index is 592. The lowest BCUT2D eigenvalue weighted by Crippen LogP contribution is -2.35. The van der Waals surface area contributed by atoms with Gasteiger partial charge in [-0.2, -0.15) is 5.10 Å². The van der Waals surface area contributed by atoms with Gasteiger partial charge in [-0.05, 0) is 13.8 Å². The molecule has 6 nitrogen and oxygen atoms in total. The SMILES string of the molecule is Cc1nn(C)c(C)c1S(=O)(=O)N(C)CC(C)C(N)=S. The van der Waals surface area contributed by atoms with E-state index >= 15 is 0 Å². The minimum Gasteiger partial charge on any atom is -0.393 e. The molecule has 1 heterocycles. The zero-order valence-electron chi connectivity index (χ0n) is 11.8. The molecule has 0 saturated carbocycles. The molecule has 0 aliphatic heterocycles. The lowest BCUT2D eigenvalue weighted by Gasteiger charge is -2.20. The van der Waals surface area contributed by atoms with Crippen LogP contribution < -0.4 is 5.73 Å². The van der Waals surface area contributed by atoms with Crippen molar-refractivity contribution in [2.75, 3.05) is 13.6 Å². The Morgan fingerprint density at radius 2 is 2.05 bits per heavy atom. The molecular formula is C11H20N4O2S2. The monoisotopic (exact) mass is 304 g/mol. The fourth-order valence-electron chi connectivity index (χ4n) is 1.86. The van der Waals surface area contributed by atoms with Crippen molar-refractivity contribution in [3.05, 3.63) is 11.4 Å². The van der Waals surface area contributed by atoms with Crippen molar-refractivity contribution in [3.8, 4) is 0 Å². The summed E-state index contributed by atoms with van der Waals surface area (Å²) in [6.45, 7) is 5.48. The molecule has 0 aliphatic carbocycles. The zero-order chi connectivity index (χ0) is 15.0. The molecule has 8 heteroatoms. The average molecular weight is 304 g/mol. The van der Waals surface area contributed by atoms with Gasteiger partial charge in [0.15, 0.2) is 0 Å². The van der Waals surface area contributed by atoms with Crippen LogP contribution in [0.3, 0.4) is 0 Å². The first-order chi connectivity index (χ1) is 8.59. The maximum Gasteiger partial charge on any atom is 0.246 e. The minimum absolute atomic E-state index is 0.174. The molecule has 1 unspecified atom stereocenters. The fourth-order valence-corrected chi connectivity index (χ4v) is 3.58. The molecule has 0 fully saturated rings. The fraction of sp³-hybridized carbons (Fsp3) is 0.636. The Kier molecular flexibility index (Phi) is 4.70. The molecule has 1 atom stereocenters. The van der Waals surface area contributed by atoms with Crippen molar-refractivity contribution < 1.29 is 8.42 Å². The molecule has 0 bridgehead atoms. The summed E-state index contributed by atoms with van der Waals surface area (Å²) in [7, 11) is -0.328. The molecule has 108 valence electrons. The number of rotatable bonds is 5. The third-order valence-corrected chi connectivity index (χ3v) is 5.61. The minimum atomic E-state index is -3.57. The van der Waals surface area contributed by atoms with Crippen LogP contribution in [0, 0.1) is 19.8 Å². The van der Waals surface area contributed by atoms with Crippen LogP contribution in [0.5, 0.6) is 0 Å². The van der Waals surface area contributed by atoms with E-state index in [0.29, 0.717) is 16.4 Å². The van der Waals surface area contributed by atoms with E-state index in [1.54, 1.807) is 32.5 Å². The van der Waals surface area contributed by atoms with Crippen LogP contribution in [0.15, 0.2) is 4.90 Å². The highest BCUT2D eigenvalue weighted by molar-refractivity contribution is 7.89. The van der Waals surface area contributed by atoms with Crippen LogP contribution in [0.1, 0.15) is 18.3 Å². The summed E-state index contributed by atoms with van der Waals surface area (Å²) in [5, 5.41) is 4.13. The van der Waals surface area contributed by atoms with Gasteiger partial charge in [0, 0.05) is 26.6 Å². The first-order valence-corrected chi connectivity index (χ1v) is 7.69. The first-order valence-electron chi connectivity index (χ1n) is 5.84. The number of aryl methyl sites for hydroxylation is 2. The summed E-state index contributed by atoms with van der Waals surface area (Å²) in [4.78, 5) is 0.564. The van der Waals surface area contributed by atoms with Gasteiger partial charge in [-0.25, -0.2) is 12.7 Å². The van der Waals surface area contributed by atoms with Crippen molar-refractivity contribution in [1.29, 1.82) is 0 Å². The topological polar surface area (TPSA) is 81.2 Å². The Morgan fingerprint density at radius 3 is 2.42 bits per heavy atom. The van der Waals surface area contributed by atoms with Crippen molar-refractivity contribution in [1.82, 2.24) is 14.1 Å². The third kappa shape index (κ3) is 3.13. The highest BCUT2D eigenvalue weighted by Gasteiger charge is 2.29. The van der Waals surface area contributed by atoms with Gasteiger partial charge >= 0.3 is 0 Å². The Morgan fingerprint density at radius 1 is 1.53 bits per heavy atom. The zero-order valence-corrected chi connectivity index (χ0v) is 13.5. The van der Waals surface area contributed by atoms with Gasteiger partial charge in [-0.3, -0.25) is 4.68 Å². The van der Waals surface area contributed by atoms with Crippen LogP contribution in [0.2, 0.25) is 0 Å². The smallest absolute Gasteiger partial charge is 0.246 e. The number of aromatic nitrogens is 2. The summed E-state index contributed by atoms with van der Waals surface area (Å²) in [6.07, 6.45) is 0. The third-order valence-electron chi connectivity index (χ3n) is 3.13. The largest absolute Gasteiger partial charge is 0.393 e. The number of sulfonamides is 1. The highest BCUT2D eigenvalue weighted by atomic mass is 32.2. The molecule has 0 aliphatic rings. The molecule has 0 spiro atoms. The van der Waals surface area contributed by atoms with Gasteiger partial charge in [0.25, 0.3) is 0 Å². The van der Waals surface area contributed by atoms with Crippen molar-refractivity contribution in [2.24, 2.45) is 18.7 Å². The standard InChI is InChI=1S/C11H20N4O2S2/c1-7(11(12)18)6-14(4)19(16,17)10-8(2)13-15(5)9(10)3/h7H,6H2,1-5H3,(H2,12,18). The van der Waals surface area contributed by atoms with Gasteiger partial charge in [-0.1, -0.05) is 19.1 Å². The molecule has 1 aromatic rings. The van der Waals surface area contributed by atoms with E-state index in [9.17, 15) is 8.42 Å². The molecule has 0 aromatic carbocycles. The lowest BCUT2D eigenvalue weighted by atomic mass is 10.2. The number of thiocarbonyl (C=S) groups is 1. The highest BCUT2D eigenvalue weighted by Crippen LogP contribution is 2.22. The van der Waals surface area contributed by atoms with E-state index in [4.69, 9.17) is 18.0 Å². The van der Waals surface area contributed by atoms with E-state index in [1.165, 1.54) is 11.4 Å². The molecular weight excluding hydrogens is 284 g/mol. The first kappa shape index (κ1) is 16.1. The normalized spacial score (nSPS) is 13.8. The second kappa shape index (κ2) is 5.56. The van der Waals surface area contributed by atoms with E-state index in [0.717, 1.165) is 0 Å². The number of nitrogens with two attached hydrogens (primary N) is 1. The van der Waals surface area contributed by atoms with Crippen molar-refractivity contribution in [2.45, 2.75) is 25.7 Å². The van der Waals surface area contributed by atoms with Gasteiger partial charge in [0.1, 0.15) is 4.90 Å². The molecule has 1 aromatic heterocycles. The van der Waals surface area contributed by atoms with Crippen molar-refractivity contribution >= 4 is 27.2 Å². The molecule has 0 saturated heterocycles. The molecule has 2 N–H and O–H groups in total. The van der Waals surface area contributed by atoms with Crippen molar-refractivity contribution in [3.63, 3.8) is 0 Å². The van der Waals surface area contributed by atoms with Gasteiger partial charge in [0.05, 0.1) is 16.4 Å². The maximum absolute atomic E-state index is 12.5. The Hall–Kier alpha value is -0.990. The van der Waals surface area contributed by atoms with Crippen LogP contribution in [-0.2, 0) is 17.1 Å². The van der Waals surface area contributed by atoms with Crippen LogP contribution in [0.4, 0.5) is 0 Å². The molecule has 0 amide bonds. The number of hydrogen-bond donors (Lipinski definition) is 1. The molecule has 1 rings (SSSR count). The van der Waals surface area contributed by atoms with Gasteiger partial charge in [0.2, 0.25) is 10.0 Å². The number of hydrogen-bond acceptors (Lipinski definition) is 4. The quantitative estimate of drug-likeness (QED) is 0.805. The van der Waals surface area contributed by atoms with E-state index in [-0.39, 0.29) is 17.4 Å². The summed E-state index contributed by atoms with van der Waals surface area (Å²) in [6, 6.07) is 0. The van der Waals surface area contributed by atoms with Crippen LogP contribution >= 0.6 is 12.2 Å². The Labute approximate surface area is 119 Å². The summed E-state index contributed by atoms with van der Waals surface area (Å²) in [5.41, 5.74) is 6.64. The predicted octanol–water partition coefficient (Wildman–Crippen LogP) is 0.580. The molecule has 19 heavy (non-hydrogen) atoms. The number of nitrogens with zero attached hydrogens (tertiary/aromatic N) is 3. The predicted molar refractivity (Wildman–Crippen MR) is 78.4 cm³/mol. The van der Waals surface area contributed by atoms with E-state index in [2.05, 4.69) is 5.10 Å². The second-order valence-corrected chi connectivity index (χ2v) is 7.17. The maximum atomic E-state index is 12.5. The van der Waals surface area contributed by atoms with Crippen LogP contribution in [0.25, 0.3) is 0 Å². The lowest BCUT2D eigenvalue weighted by molar-refractivity contribution is 0.444. The Balaban J connectivity index is 3.14. The van der Waals surface area contributed by atoms with Gasteiger partial charge < -0.3 is 5.73 Å². The van der Waals surface area contributed by atoms with Gasteiger partial charge in [-0.15, -0.1) is 0 Å². The summed E-state index contributed by atoms with van der Waals surface area (Å²) in [5.74, 6) is -0.174. The average Bonchev–Trinajstić information content (AvgIpc) is 2.52. The van der Waals surface area contributed by atoms with E-state index < -0.39 is 10.0 Å². The summed E-state index contributed by atoms with van der Waals surface area (Å²) >= 11 is 4.87. The van der Waals surface area contributed by atoms with E-state index in [1.807, 2.05) is 0 Å². The second-order valence-electron chi connectivity index (χ2n) is 4.71. The molecule has 0 radical (unpaired) electrons.